The van der Waals surface area contributed by atoms with Crippen molar-refractivity contribution in [2.75, 3.05) is 19.6 Å². The fraction of sp³-hybridized carbons (Fsp3) is 0.440. The van der Waals surface area contributed by atoms with E-state index in [4.69, 9.17) is 0 Å². The number of hydrogen-bond donors (Lipinski definition) is 0. The van der Waals surface area contributed by atoms with Gasteiger partial charge in [-0.05, 0) is 48.2 Å². The minimum Gasteiger partial charge on any atom is -0.338 e. The minimum atomic E-state index is -0.344. The van der Waals surface area contributed by atoms with E-state index in [1.165, 1.54) is 23.3 Å². The molecule has 2 heterocycles. The number of carbonyl (C=O) groups is 2. The van der Waals surface area contributed by atoms with Gasteiger partial charge >= 0.3 is 0 Å². The molecule has 0 unspecified atom stereocenters. The number of nitrogens with zero attached hydrogens (tertiary/aromatic N) is 2. The molecule has 30 heavy (non-hydrogen) atoms. The van der Waals surface area contributed by atoms with Crippen LogP contribution >= 0.6 is 0 Å². The second-order valence-corrected chi connectivity index (χ2v) is 9.09. The summed E-state index contributed by atoms with van der Waals surface area (Å²) in [5, 5.41) is 0. The van der Waals surface area contributed by atoms with Crippen LogP contribution in [0.3, 0.4) is 0 Å². The van der Waals surface area contributed by atoms with E-state index in [2.05, 4.69) is 37.8 Å². The Balaban J connectivity index is 1.60. The highest BCUT2D eigenvalue weighted by atomic mass is 19.1. The number of likely N-dealkylation sites (tertiary alicyclic amines) is 2. The normalized spacial score (nSPS) is 23.2. The minimum absolute atomic E-state index is 0.00605. The number of halogens is 1. The fourth-order valence-corrected chi connectivity index (χ4v) is 5.03. The molecule has 0 spiro atoms. The second-order valence-electron chi connectivity index (χ2n) is 9.09. The van der Waals surface area contributed by atoms with Crippen molar-refractivity contribution in [3.05, 3.63) is 71.0 Å². The Morgan fingerprint density at radius 1 is 1.03 bits per heavy atom. The third-order valence-electron chi connectivity index (χ3n) is 6.45. The van der Waals surface area contributed by atoms with Crippen molar-refractivity contribution >= 4 is 11.8 Å². The summed E-state index contributed by atoms with van der Waals surface area (Å²) in [5.74, 6) is 0.578. The van der Waals surface area contributed by atoms with Gasteiger partial charge in [0.1, 0.15) is 5.82 Å². The van der Waals surface area contributed by atoms with E-state index in [9.17, 15) is 14.0 Å². The highest BCUT2D eigenvalue weighted by Crippen LogP contribution is 2.46. The van der Waals surface area contributed by atoms with Crippen LogP contribution in [0, 0.1) is 30.5 Å². The zero-order valence-electron chi connectivity index (χ0n) is 17.8. The molecule has 2 aliphatic heterocycles. The standard InChI is InChI=1S/C25H29FN2O2/c1-16(2)12-23(29)28-14-19-13-27(25(30)18-8-10-20(26)11-9-18)15-22(19)24(28)21-7-5-4-6-17(21)3/h4-11,16,19,22,24H,12-15H2,1-3H3/t19-,22-,24+/m0/s1. The van der Waals surface area contributed by atoms with Gasteiger partial charge in [-0.3, -0.25) is 9.59 Å². The van der Waals surface area contributed by atoms with Crippen molar-refractivity contribution in [1.82, 2.24) is 9.80 Å². The SMILES string of the molecule is Cc1ccccc1[C@@H]1[C@H]2CN(C(=O)c3ccc(F)cc3)C[C@H]2CN1C(=O)CC(C)C. The smallest absolute Gasteiger partial charge is 0.253 e. The van der Waals surface area contributed by atoms with Gasteiger partial charge in [0.05, 0.1) is 6.04 Å². The molecule has 0 N–H and O–H groups in total. The molecular weight excluding hydrogens is 379 g/mol. The molecule has 2 amide bonds. The van der Waals surface area contributed by atoms with E-state index in [0.29, 0.717) is 37.5 Å². The van der Waals surface area contributed by atoms with Crippen LogP contribution in [0.5, 0.6) is 0 Å². The molecule has 2 saturated heterocycles. The van der Waals surface area contributed by atoms with Gasteiger partial charge in [-0.1, -0.05) is 38.1 Å². The first-order valence-electron chi connectivity index (χ1n) is 10.7. The van der Waals surface area contributed by atoms with E-state index in [1.807, 2.05) is 17.0 Å². The van der Waals surface area contributed by atoms with E-state index >= 15 is 0 Å². The van der Waals surface area contributed by atoms with Crippen LogP contribution in [0.25, 0.3) is 0 Å². The number of aryl methyl sites for hydroxylation is 1. The maximum Gasteiger partial charge on any atom is 0.253 e. The molecule has 0 radical (unpaired) electrons. The predicted octanol–water partition coefficient (Wildman–Crippen LogP) is 4.45. The maximum atomic E-state index is 13.2. The zero-order chi connectivity index (χ0) is 21.4. The van der Waals surface area contributed by atoms with Crippen LogP contribution in [0.2, 0.25) is 0 Å². The van der Waals surface area contributed by atoms with Gasteiger partial charge in [-0.25, -0.2) is 4.39 Å². The van der Waals surface area contributed by atoms with Crippen molar-refractivity contribution in [3.63, 3.8) is 0 Å². The number of rotatable bonds is 4. The monoisotopic (exact) mass is 408 g/mol. The molecule has 0 saturated carbocycles. The lowest BCUT2D eigenvalue weighted by molar-refractivity contribution is -0.133. The summed E-state index contributed by atoms with van der Waals surface area (Å²) in [4.78, 5) is 30.0. The van der Waals surface area contributed by atoms with Gasteiger partial charge in [-0.2, -0.15) is 0 Å². The Bertz CT molecular complexity index is 940. The number of hydrogen-bond acceptors (Lipinski definition) is 2. The first-order valence-corrected chi connectivity index (χ1v) is 10.7. The van der Waals surface area contributed by atoms with Crippen LogP contribution in [0.1, 0.15) is 47.8 Å². The highest BCUT2D eigenvalue weighted by Gasteiger charge is 2.50. The van der Waals surface area contributed by atoms with Crippen LogP contribution in [0.4, 0.5) is 4.39 Å². The summed E-state index contributed by atoms with van der Waals surface area (Å²) in [6, 6.07) is 14.0. The summed E-state index contributed by atoms with van der Waals surface area (Å²) in [7, 11) is 0. The van der Waals surface area contributed by atoms with Crippen LogP contribution < -0.4 is 0 Å². The molecule has 158 valence electrons. The van der Waals surface area contributed by atoms with E-state index in [0.717, 1.165) is 0 Å². The molecule has 5 heteroatoms. The molecule has 2 aromatic rings. The molecule has 0 bridgehead atoms. The first kappa shape index (κ1) is 20.6. The zero-order valence-corrected chi connectivity index (χ0v) is 17.8. The first-order chi connectivity index (χ1) is 14.3. The predicted molar refractivity (Wildman–Crippen MR) is 114 cm³/mol. The van der Waals surface area contributed by atoms with Crippen LogP contribution in [-0.4, -0.2) is 41.2 Å². The van der Waals surface area contributed by atoms with Crippen molar-refractivity contribution in [2.45, 2.75) is 33.2 Å². The third-order valence-corrected chi connectivity index (χ3v) is 6.45. The Morgan fingerprint density at radius 3 is 2.40 bits per heavy atom. The lowest BCUT2D eigenvalue weighted by Gasteiger charge is -2.31. The van der Waals surface area contributed by atoms with Gasteiger partial charge < -0.3 is 9.80 Å². The van der Waals surface area contributed by atoms with E-state index < -0.39 is 0 Å². The number of amides is 2. The van der Waals surface area contributed by atoms with Crippen molar-refractivity contribution in [1.29, 1.82) is 0 Å². The number of carbonyl (C=O) groups excluding carboxylic acids is 2. The Labute approximate surface area is 177 Å². The molecule has 2 aromatic carbocycles. The maximum absolute atomic E-state index is 13.2. The summed E-state index contributed by atoms with van der Waals surface area (Å²) >= 11 is 0. The Hall–Kier alpha value is -2.69. The van der Waals surface area contributed by atoms with Gasteiger partial charge in [0.15, 0.2) is 0 Å². The average Bonchev–Trinajstić information content (AvgIpc) is 3.26. The molecule has 3 atom stereocenters. The number of fused-ring (bicyclic) bond motifs is 1. The third kappa shape index (κ3) is 3.85. The topological polar surface area (TPSA) is 40.6 Å². The Morgan fingerprint density at radius 2 is 1.73 bits per heavy atom. The molecule has 4 nitrogen and oxygen atoms in total. The summed E-state index contributed by atoms with van der Waals surface area (Å²) in [6.45, 7) is 8.16. The van der Waals surface area contributed by atoms with E-state index in [-0.39, 0.29) is 35.5 Å². The molecule has 2 aliphatic rings. The highest BCUT2D eigenvalue weighted by molar-refractivity contribution is 5.94. The van der Waals surface area contributed by atoms with Gasteiger partial charge in [0.25, 0.3) is 5.91 Å². The summed E-state index contributed by atoms with van der Waals surface area (Å²) < 4.78 is 13.2. The molecule has 2 fully saturated rings. The van der Waals surface area contributed by atoms with Crippen molar-refractivity contribution < 1.29 is 14.0 Å². The van der Waals surface area contributed by atoms with Gasteiger partial charge in [-0.15, -0.1) is 0 Å². The van der Waals surface area contributed by atoms with Crippen LogP contribution in [0.15, 0.2) is 48.5 Å². The molecular formula is C25H29FN2O2. The quantitative estimate of drug-likeness (QED) is 0.750. The largest absolute Gasteiger partial charge is 0.338 e. The molecule has 0 aliphatic carbocycles. The lowest BCUT2D eigenvalue weighted by Crippen LogP contribution is -2.38. The second kappa shape index (κ2) is 8.21. The summed E-state index contributed by atoms with van der Waals surface area (Å²) in [6.07, 6.45) is 0.542. The van der Waals surface area contributed by atoms with E-state index in [1.54, 1.807) is 12.1 Å². The average molecular weight is 409 g/mol. The van der Waals surface area contributed by atoms with Gasteiger partial charge in [0, 0.05) is 43.5 Å². The fourth-order valence-electron chi connectivity index (χ4n) is 5.03. The Kier molecular flexibility index (Phi) is 5.63. The van der Waals surface area contributed by atoms with Crippen molar-refractivity contribution in [3.8, 4) is 0 Å². The van der Waals surface area contributed by atoms with Crippen LogP contribution in [-0.2, 0) is 4.79 Å². The lowest BCUT2D eigenvalue weighted by atomic mass is 9.87. The summed E-state index contributed by atoms with van der Waals surface area (Å²) in [5.41, 5.74) is 2.86. The number of benzene rings is 2. The van der Waals surface area contributed by atoms with Gasteiger partial charge in [0.2, 0.25) is 5.91 Å². The molecule has 0 aromatic heterocycles. The molecule has 4 rings (SSSR count). The van der Waals surface area contributed by atoms with Crippen molar-refractivity contribution in [2.24, 2.45) is 17.8 Å².